The van der Waals surface area contributed by atoms with Crippen molar-refractivity contribution in [2.45, 2.75) is 25.9 Å². The summed E-state index contributed by atoms with van der Waals surface area (Å²) in [5.41, 5.74) is 1.20. The molecule has 2 heterocycles. The molecule has 0 amide bonds. The minimum atomic E-state index is -4.56. The number of aryl methyl sites for hydroxylation is 2. The summed E-state index contributed by atoms with van der Waals surface area (Å²) in [7, 11) is 0. The van der Waals surface area contributed by atoms with Gasteiger partial charge < -0.3 is 5.32 Å². The van der Waals surface area contributed by atoms with Crippen LogP contribution >= 0.6 is 11.3 Å². The lowest BCUT2D eigenvalue weighted by molar-refractivity contribution is -0.144. The molecule has 2 aromatic heterocycles. The van der Waals surface area contributed by atoms with Crippen molar-refractivity contribution in [3.8, 4) is 0 Å². The van der Waals surface area contributed by atoms with Crippen molar-refractivity contribution in [1.82, 2.24) is 9.97 Å². The van der Waals surface area contributed by atoms with E-state index in [-0.39, 0.29) is 5.82 Å². The first-order chi connectivity index (χ1) is 13.4. The summed E-state index contributed by atoms with van der Waals surface area (Å²) in [4.78, 5) is 8.67. The Bertz CT molecular complexity index is 1130. The van der Waals surface area contributed by atoms with Crippen LogP contribution < -0.4 is 5.32 Å². The summed E-state index contributed by atoms with van der Waals surface area (Å²) >= 11 is 1.24. The highest BCUT2D eigenvalue weighted by atomic mass is 32.1. The zero-order chi connectivity index (χ0) is 19.7. The SMILES string of the molecule is Cc1cc2c(NCCCc3ccc4ccccc4c3)nc(C(F)(F)F)nc2s1. The molecular formula is C21H18F3N3S. The normalized spacial score (nSPS) is 12.0. The van der Waals surface area contributed by atoms with Gasteiger partial charge in [-0.25, -0.2) is 9.97 Å². The van der Waals surface area contributed by atoms with Crippen LogP contribution in [0.2, 0.25) is 0 Å². The molecule has 7 heteroatoms. The molecule has 0 radical (unpaired) electrons. The molecule has 4 rings (SSSR count). The van der Waals surface area contributed by atoms with Crippen LogP contribution in [0.25, 0.3) is 21.0 Å². The maximum absolute atomic E-state index is 13.1. The number of fused-ring (bicyclic) bond motifs is 2. The van der Waals surface area contributed by atoms with Gasteiger partial charge in [0.25, 0.3) is 0 Å². The average molecular weight is 401 g/mol. The number of hydrogen-bond donors (Lipinski definition) is 1. The molecule has 0 saturated heterocycles. The van der Waals surface area contributed by atoms with Crippen LogP contribution in [0.1, 0.15) is 22.7 Å². The van der Waals surface area contributed by atoms with E-state index >= 15 is 0 Å². The Labute approximate surface area is 164 Å². The Morgan fingerprint density at radius 1 is 1.00 bits per heavy atom. The van der Waals surface area contributed by atoms with Crippen LogP contribution in [0, 0.1) is 6.92 Å². The van der Waals surface area contributed by atoms with E-state index in [1.165, 1.54) is 27.7 Å². The van der Waals surface area contributed by atoms with E-state index in [1.54, 1.807) is 0 Å². The average Bonchev–Trinajstić information content (AvgIpc) is 3.04. The first-order valence-electron chi connectivity index (χ1n) is 8.97. The molecule has 28 heavy (non-hydrogen) atoms. The molecule has 0 aliphatic carbocycles. The highest BCUT2D eigenvalue weighted by Gasteiger charge is 2.35. The molecule has 0 saturated carbocycles. The lowest BCUT2D eigenvalue weighted by Gasteiger charge is -2.10. The van der Waals surface area contributed by atoms with Crippen LogP contribution in [0.4, 0.5) is 19.0 Å². The molecule has 0 atom stereocenters. The third kappa shape index (κ3) is 3.94. The van der Waals surface area contributed by atoms with Gasteiger partial charge in [-0.15, -0.1) is 11.3 Å². The molecule has 0 aliphatic rings. The number of aromatic nitrogens is 2. The molecular weight excluding hydrogens is 383 g/mol. The smallest absolute Gasteiger partial charge is 0.369 e. The Balaban J connectivity index is 1.47. The van der Waals surface area contributed by atoms with E-state index in [0.29, 0.717) is 16.8 Å². The molecule has 3 nitrogen and oxygen atoms in total. The van der Waals surface area contributed by atoms with E-state index in [0.717, 1.165) is 17.7 Å². The second kappa shape index (κ2) is 7.39. The van der Waals surface area contributed by atoms with Crippen molar-refractivity contribution in [3.05, 3.63) is 64.8 Å². The second-order valence-electron chi connectivity index (χ2n) is 6.68. The Kier molecular flexibility index (Phi) is 4.93. The molecule has 144 valence electrons. The topological polar surface area (TPSA) is 37.8 Å². The third-order valence-corrected chi connectivity index (χ3v) is 5.46. The quantitative estimate of drug-likeness (QED) is 0.404. The van der Waals surface area contributed by atoms with Gasteiger partial charge in [-0.3, -0.25) is 0 Å². The van der Waals surface area contributed by atoms with Crippen molar-refractivity contribution < 1.29 is 13.2 Å². The van der Waals surface area contributed by atoms with E-state index in [2.05, 4.69) is 45.6 Å². The van der Waals surface area contributed by atoms with E-state index < -0.39 is 12.0 Å². The summed E-state index contributed by atoms with van der Waals surface area (Å²) < 4.78 is 39.3. The van der Waals surface area contributed by atoms with Crippen molar-refractivity contribution in [2.75, 3.05) is 11.9 Å². The van der Waals surface area contributed by atoms with E-state index in [1.807, 2.05) is 25.1 Å². The summed E-state index contributed by atoms with van der Waals surface area (Å²) in [5.74, 6) is -0.848. The first kappa shape index (κ1) is 18.7. The van der Waals surface area contributed by atoms with Gasteiger partial charge in [0, 0.05) is 11.4 Å². The van der Waals surface area contributed by atoms with Gasteiger partial charge in [-0.05, 0) is 42.2 Å². The van der Waals surface area contributed by atoms with Gasteiger partial charge in [0.15, 0.2) is 0 Å². The fraction of sp³-hybridized carbons (Fsp3) is 0.238. The zero-order valence-electron chi connectivity index (χ0n) is 15.2. The number of hydrogen-bond acceptors (Lipinski definition) is 4. The van der Waals surface area contributed by atoms with Crippen molar-refractivity contribution in [3.63, 3.8) is 0 Å². The molecule has 1 N–H and O–H groups in total. The number of thiophene rings is 1. The van der Waals surface area contributed by atoms with Gasteiger partial charge in [-0.1, -0.05) is 42.5 Å². The number of benzene rings is 2. The lowest BCUT2D eigenvalue weighted by atomic mass is 10.0. The van der Waals surface area contributed by atoms with Crippen LogP contribution in [-0.4, -0.2) is 16.5 Å². The maximum atomic E-state index is 13.1. The minimum absolute atomic E-state index is 0.250. The Morgan fingerprint density at radius 2 is 1.79 bits per heavy atom. The number of rotatable bonds is 5. The summed E-state index contributed by atoms with van der Waals surface area (Å²) in [5, 5.41) is 6.10. The van der Waals surface area contributed by atoms with Crippen LogP contribution in [0.5, 0.6) is 0 Å². The van der Waals surface area contributed by atoms with Crippen molar-refractivity contribution in [2.24, 2.45) is 0 Å². The number of nitrogens with zero attached hydrogens (tertiary/aromatic N) is 2. The van der Waals surface area contributed by atoms with E-state index in [4.69, 9.17) is 0 Å². The molecule has 0 unspecified atom stereocenters. The predicted molar refractivity (Wildman–Crippen MR) is 108 cm³/mol. The third-order valence-electron chi connectivity index (χ3n) is 4.52. The molecule has 0 fully saturated rings. The maximum Gasteiger partial charge on any atom is 0.451 e. The fourth-order valence-corrected chi connectivity index (χ4v) is 4.08. The molecule has 0 aliphatic heterocycles. The summed E-state index contributed by atoms with van der Waals surface area (Å²) in [6.45, 7) is 2.38. The molecule has 0 bridgehead atoms. The fourth-order valence-electron chi connectivity index (χ4n) is 3.20. The Morgan fingerprint density at radius 3 is 2.57 bits per heavy atom. The van der Waals surface area contributed by atoms with Gasteiger partial charge in [0.05, 0.1) is 5.39 Å². The summed E-state index contributed by atoms with van der Waals surface area (Å²) in [6.07, 6.45) is -2.94. The zero-order valence-corrected chi connectivity index (χ0v) is 16.0. The lowest BCUT2D eigenvalue weighted by Crippen LogP contribution is -2.13. The van der Waals surface area contributed by atoms with Crippen LogP contribution in [-0.2, 0) is 12.6 Å². The highest BCUT2D eigenvalue weighted by Crippen LogP contribution is 2.33. The second-order valence-corrected chi connectivity index (χ2v) is 7.92. The van der Waals surface area contributed by atoms with E-state index in [9.17, 15) is 13.2 Å². The first-order valence-corrected chi connectivity index (χ1v) is 9.79. The van der Waals surface area contributed by atoms with Crippen LogP contribution in [0.15, 0.2) is 48.5 Å². The largest absolute Gasteiger partial charge is 0.451 e. The van der Waals surface area contributed by atoms with Crippen molar-refractivity contribution >= 4 is 38.1 Å². The summed E-state index contributed by atoms with van der Waals surface area (Å²) in [6, 6.07) is 16.3. The number of halogens is 3. The monoisotopic (exact) mass is 401 g/mol. The Hall–Kier alpha value is -2.67. The number of nitrogens with one attached hydrogen (secondary N) is 1. The van der Waals surface area contributed by atoms with Gasteiger partial charge in [0.2, 0.25) is 5.82 Å². The predicted octanol–water partition coefficient (Wildman–Crippen LogP) is 6.22. The highest BCUT2D eigenvalue weighted by molar-refractivity contribution is 7.18. The standard InChI is InChI=1S/C21H18F3N3S/c1-13-11-17-18(26-20(21(22,23)24)27-19(17)28-13)25-10-4-5-14-8-9-15-6-2-3-7-16(15)12-14/h2-3,6-9,11-12H,4-5,10H2,1H3,(H,25,26,27). The van der Waals surface area contributed by atoms with Gasteiger partial charge in [-0.2, -0.15) is 13.2 Å². The number of alkyl halides is 3. The van der Waals surface area contributed by atoms with Gasteiger partial charge in [0.1, 0.15) is 10.6 Å². The minimum Gasteiger partial charge on any atom is -0.369 e. The molecule has 4 aromatic rings. The molecule has 2 aromatic carbocycles. The molecule has 0 spiro atoms. The number of anilines is 1. The van der Waals surface area contributed by atoms with Crippen LogP contribution in [0.3, 0.4) is 0 Å². The van der Waals surface area contributed by atoms with Gasteiger partial charge >= 0.3 is 6.18 Å². The van der Waals surface area contributed by atoms with Crippen molar-refractivity contribution in [1.29, 1.82) is 0 Å².